The van der Waals surface area contributed by atoms with Crippen molar-refractivity contribution >= 4 is 42.4 Å². The zero-order chi connectivity index (χ0) is 23.6. The summed E-state index contributed by atoms with van der Waals surface area (Å²) in [4.78, 5) is 18.6. The Labute approximate surface area is 192 Å². The van der Waals surface area contributed by atoms with E-state index in [4.69, 9.17) is 4.74 Å². The molecular formula is C22H21F3N2O4S2. The van der Waals surface area contributed by atoms with Crippen LogP contribution in [0.4, 0.5) is 18.3 Å². The van der Waals surface area contributed by atoms with Gasteiger partial charge in [0.25, 0.3) is 0 Å². The molecule has 2 heterocycles. The summed E-state index contributed by atoms with van der Waals surface area (Å²) in [7, 11) is -3.68. The summed E-state index contributed by atoms with van der Waals surface area (Å²) in [6.45, 7) is 0.760. The van der Waals surface area contributed by atoms with Crippen LogP contribution in [0.15, 0.2) is 41.3 Å². The van der Waals surface area contributed by atoms with Crippen LogP contribution in [-0.4, -0.2) is 44.3 Å². The van der Waals surface area contributed by atoms with Gasteiger partial charge >= 0.3 is 0 Å². The van der Waals surface area contributed by atoms with E-state index in [1.54, 1.807) is 0 Å². The fourth-order valence-corrected chi connectivity index (χ4v) is 5.99. The van der Waals surface area contributed by atoms with Gasteiger partial charge in [0.2, 0.25) is 5.91 Å². The maximum Gasteiger partial charge on any atom is 0.228 e. The van der Waals surface area contributed by atoms with E-state index >= 15 is 0 Å². The smallest absolute Gasteiger partial charge is 0.228 e. The lowest BCUT2D eigenvalue weighted by Gasteiger charge is -2.23. The largest absolute Gasteiger partial charge is 0.376 e. The van der Waals surface area contributed by atoms with Crippen molar-refractivity contribution in [1.29, 1.82) is 0 Å². The molecule has 1 aliphatic heterocycles. The highest BCUT2D eigenvalue weighted by molar-refractivity contribution is 7.91. The predicted octanol–water partition coefficient (Wildman–Crippen LogP) is 4.48. The quantitative estimate of drug-likeness (QED) is 0.428. The van der Waals surface area contributed by atoms with Crippen LogP contribution in [0.1, 0.15) is 25.7 Å². The number of carbonyl (C=O) groups is 1. The summed E-state index contributed by atoms with van der Waals surface area (Å²) in [5.74, 6) is -2.78. The van der Waals surface area contributed by atoms with E-state index in [9.17, 15) is 26.4 Å². The molecule has 33 heavy (non-hydrogen) atoms. The van der Waals surface area contributed by atoms with E-state index in [0.717, 1.165) is 48.4 Å². The summed E-state index contributed by atoms with van der Waals surface area (Å²) in [6, 6.07) is 6.39. The Morgan fingerprint density at radius 1 is 1.15 bits per heavy atom. The van der Waals surface area contributed by atoms with E-state index in [1.807, 2.05) is 0 Å². The monoisotopic (exact) mass is 498 g/mol. The molecule has 1 unspecified atom stereocenters. The van der Waals surface area contributed by atoms with Gasteiger partial charge in [-0.25, -0.2) is 26.6 Å². The molecule has 0 saturated carbocycles. The lowest BCUT2D eigenvalue weighted by Crippen LogP contribution is -2.37. The lowest BCUT2D eigenvalue weighted by molar-refractivity contribution is -0.119. The molecule has 11 heteroatoms. The standard InChI is InChI=1S/C22H21F3N2O4S2/c23-14-5-7-17(8-6-14)33(29,30)10-2-4-20(28)27(13-16-3-1-9-31-16)22-26-21-18(25)11-15(24)12-19(21)32-22/h5-8,11-12,16H,1-4,9-10,13H2. The van der Waals surface area contributed by atoms with Crippen molar-refractivity contribution in [3.8, 4) is 0 Å². The Balaban J connectivity index is 1.50. The van der Waals surface area contributed by atoms with Crippen LogP contribution >= 0.6 is 11.3 Å². The number of hydrogen-bond acceptors (Lipinski definition) is 6. The van der Waals surface area contributed by atoms with E-state index < -0.39 is 27.3 Å². The fourth-order valence-electron chi connectivity index (χ4n) is 3.65. The second-order valence-electron chi connectivity index (χ2n) is 7.75. The maximum atomic E-state index is 14.1. The minimum absolute atomic E-state index is 0.0174. The summed E-state index contributed by atoms with van der Waals surface area (Å²) in [5.41, 5.74) is -0.0274. The number of nitrogens with zero attached hydrogens (tertiary/aromatic N) is 2. The SMILES string of the molecule is O=C(CCCS(=O)(=O)c1ccc(F)cc1)N(CC1CCCO1)c1nc2c(F)cc(F)cc2s1. The molecule has 3 aromatic rings. The van der Waals surface area contributed by atoms with Crippen LogP contribution in [0.3, 0.4) is 0 Å². The first-order valence-corrected chi connectivity index (χ1v) is 12.9. The number of sulfone groups is 1. The molecule has 1 saturated heterocycles. The number of amides is 1. The molecule has 176 valence electrons. The minimum Gasteiger partial charge on any atom is -0.376 e. The highest BCUT2D eigenvalue weighted by atomic mass is 32.2. The Morgan fingerprint density at radius 3 is 2.61 bits per heavy atom. The molecule has 1 aliphatic rings. The zero-order valence-electron chi connectivity index (χ0n) is 17.5. The molecule has 0 bridgehead atoms. The fraction of sp³-hybridized carbons (Fsp3) is 0.364. The number of rotatable bonds is 8. The highest BCUT2D eigenvalue weighted by Crippen LogP contribution is 2.32. The molecule has 0 radical (unpaired) electrons. The molecule has 1 amide bonds. The molecule has 4 rings (SSSR count). The number of benzene rings is 2. The van der Waals surface area contributed by atoms with Crippen molar-refractivity contribution in [2.75, 3.05) is 23.8 Å². The summed E-state index contributed by atoms with van der Waals surface area (Å²) >= 11 is 0.987. The van der Waals surface area contributed by atoms with E-state index in [0.29, 0.717) is 6.61 Å². The average Bonchev–Trinajstić information content (AvgIpc) is 3.42. The minimum atomic E-state index is -3.68. The highest BCUT2D eigenvalue weighted by Gasteiger charge is 2.27. The van der Waals surface area contributed by atoms with Gasteiger partial charge in [-0.15, -0.1) is 0 Å². The molecule has 1 aromatic heterocycles. The number of halogens is 3. The van der Waals surface area contributed by atoms with Gasteiger partial charge in [0.05, 0.1) is 28.0 Å². The molecule has 1 fully saturated rings. The first-order valence-electron chi connectivity index (χ1n) is 10.4. The van der Waals surface area contributed by atoms with Gasteiger partial charge in [-0.2, -0.15) is 0 Å². The van der Waals surface area contributed by atoms with Gasteiger partial charge in [0.1, 0.15) is 17.2 Å². The molecule has 2 aromatic carbocycles. The second kappa shape index (κ2) is 9.78. The van der Waals surface area contributed by atoms with Gasteiger partial charge in [-0.05, 0) is 49.6 Å². The topological polar surface area (TPSA) is 76.6 Å². The molecular weight excluding hydrogens is 477 g/mol. The van der Waals surface area contributed by atoms with Gasteiger partial charge in [-0.3, -0.25) is 9.69 Å². The third-order valence-electron chi connectivity index (χ3n) is 5.32. The Bertz CT molecular complexity index is 1260. The summed E-state index contributed by atoms with van der Waals surface area (Å²) < 4.78 is 71.6. The van der Waals surface area contributed by atoms with Crippen LogP contribution in [0, 0.1) is 17.5 Å². The zero-order valence-corrected chi connectivity index (χ0v) is 19.1. The molecule has 1 atom stereocenters. The van der Waals surface area contributed by atoms with Crippen LogP contribution in [0.25, 0.3) is 10.2 Å². The third-order valence-corrected chi connectivity index (χ3v) is 8.16. The van der Waals surface area contributed by atoms with Crippen LogP contribution in [0.2, 0.25) is 0 Å². The Hall–Kier alpha value is -2.50. The number of ether oxygens (including phenoxy) is 1. The predicted molar refractivity (Wildman–Crippen MR) is 119 cm³/mol. The van der Waals surface area contributed by atoms with Crippen LogP contribution < -0.4 is 4.90 Å². The van der Waals surface area contributed by atoms with E-state index in [1.165, 1.54) is 17.0 Å². The normalized spacial score (nSPS) is 16.4. The van der Waals surface area contributed by atoms with Gasteiger partial charge < -0.3 is 4.74 Å². The molecule has 0 spiro atoms. The van der Waals surface area contributed by atoms with Crippen molar-refractivity contribution in [1.82, 2.24) is 4.98 Å². The number of fused-ring (bicyclic) bond motifs is 1. The van der Waals surface area contributed by atoms with Crippen LogP contribution in [0.5, 0.6) is 0 Å². The first-order chi connectivity index (χ1) is 15.7. The molecule has 0 aliphatic carbocycles. The number of hydrogen-bond donors (Lipinski definition) is 0. The van der Waals surface area contributed by atoms with Crippen LogP contribution in [-0.2, 0) is 19.4 Å². The number of aromatic nitrogens is 1. The van der Waals surface area contributed by atoms with Gasteiger partial charge in [0, 0.05) is 19.1 Å². The van der Waals surface area contributed by atoms with Crippen molar-refractivity contribution < 1.29 is 31.1 Å². The van der Waals surface area contributed by atoms with E-state index in [2.05, 4.69) is 4.98 Å². The van der Waals surface area contributed by atoms with Crippen molar-refractivity contribution in [2.24, 2.45) is 0 Å². The van der Waals surface area contributed by atoms with Gasteiger partial charge in [0.15, 0.2) is 20.8 Å². The second-order valence-corrected chi connectivity index (χ2v) is 10.9. The maximum absolute atomic E-state index is 14.1. The van der Waals surface area contributed by atoms with Gasteiger partial charge in [-0.1, -0.05) is 11.3 Å². The third kappa shape index (κ3) is 5.53. The number of thiazole rings is 1. The lowest BCUT2D eigenvalue weighted by atomic mass is 10.2. The summed E-state index contributed by atoms with van der Waals surface area (Å²) in [6.07, 6.45) is 1.32. The molecule has 0 N–H and O–H groups in total. The number of carbonyl (C=O) groups excluding carboxylic acids is 1. The van der Waals surface area contributed by atoms with E-state index in [-0.39, 0.29) is 57.4 Å². The van der Waals surface area contributed by atoms with Crippen molar-refractivity contribution in [3.05, 3.63) is 53.8 Å². The average molecular weight is 499 g/mol. The first kappa shape index (κ1) is 23.7. The number of anilines is 1. The molecule has 6 nitrogen and oxygen atoms in total. The Kier molecular flexibility index (Phi) is 7.01. The van der Waals surface area contributed by atoms with Crippen molar-refractivity contribution in [2.45, 2.75) is 36.7 Å². The Morgan fingerprint density at radius 2 is 1.91 bits per heavy atom. The summed E-state index contributed by atoms with van der Waals surface area (Å²) in [5, 5.41) is 0.205. The van der Waals surface area contributed by atoms with Crippen molar-refractivity contribution in [3.63, 3.8) is 0 Å².